The van der Waals surface area contributed by atoms with Gasteiger partial charge in [-0.2, -0.15) is 0 Å². The molecular weight excluding hydrogens is 230 g/mol. The van der Waals surface area contributed by atoms with Gasteiger partial charge in [0.1, 0.15) is 0 Å². The smallest absolute Gasteiger partial charge is 0.337 e. The third-order valence-electron chi connectivity index (χ3n) is 2.83. The van der Waals surface area contributed by atoms with Gasteiger partial charge in [-0.15, -0.1) is 0 Å². The van der Waals surface area contributed by atoms with Crippen LogP contribution in [0.4, 0.5) is 0 Å². The summed E-state index contributed by atoms with van der Waals surface area (Å²) in [7, 11) is 0. The van der Waals surface area contributed by atoms with Crippen LogP contribution < -0.4 is 0 Å². The Bertz CT molecular complexity index is 599. The standard InChI is InChI=1S/C14H13NO3/c1-10-4-2-3-5-11(10)8-13(16)15-7-6-12(9-15)14(17)18/h2-7,9H,8H2,1H3,(H,17,18). The zero-order chi connectivity index (χ0) is 13.1. The summed E-state index contributed by atoms with van der Waals surface area (Å²) in [4.78, 5) is 22.7. The Morgan fingerprint density at radius 3 is 2.56 bits per heavy atom. The second-order valence-corrected chi connectivity index (χ2v) is 4.11. The third-order valence-corrected chi connectivity index (χ3v) is 2.83. The molecule has 0 fully saturated rings. The second kappa shape index (κ2) is 4.87. The average Bonchev–Trinajstić information content (AvgIpc) is 2.81. The lowest BCUT2D eigenvalue weighted by atomic mass is 10.1. The Labute approximate surface area is 104 Å². The molecule has 2 rings (SSSR count). The van der Waals surface area contributed by atoms with Crippen LogP contribution >= 0.6 is 0 Å². The van der Waals surface area contributed by atoms with E-state index in [1.54, 1.807) is 0 Å². The highest BCUT2D eigenvalue weighted by atomic mass is 16.4. The monoisotopic (exact) mass is 243 g/mol. The van der Waals surface area contributed by atoms with Crippen molar-refractivity contribution in [1.29, 1.82) is 0 Å². The molecule has 0 amide bonds. The molecule has 18 heavy (non-hydrogen) atoms. The van der Waals surface area contributed by atoms with E-state index in [4.69, 9.17) is 5.11 Å². The first-order chi connectivity index (χ1) is 8.58. The summed E-state index contributed by atoms with van der Waals surface area (Å²) in [6.07, 6.45) is 3.08. The summed E-state index contributed by atoms with van der Waals surface area (Å²) < 4.78 is 1.32. The maximum Gasteiger partial charge on any atom is 0.337 e. The molecule has 0 saturated heterocycles. The van der Waals surface area contributed by atoms with Crippen LogP contribution in [0.3, 0.4) is 0 Å². The SMILES string of the molecule is Cc1ccccc1CC(=O)n1ccc(C(=O)O)c1. The van der Waals surface area contributed by atoms with Crippen molar-refractivity contribution in [2.75, 3.05) is 0 Å². The van der Waals surface area contributed by atoms with E-state index in [2.05, 4.69) is 0 Å². The average molecular weight is 243 g/mol. The van der Waals surface area contributed by atoms with Crippen molar-refractivity contribution in [1.82, 2.24) is 4.57 Å². The van der Waals surface area contributed by atoms with Gasteiger partial charge >= 0.3 is 5.97 Å². The summed E-state index contributed by atoms with van der Waals surface area (Å²) in [5.41, 5.74) is 2.12. The van der Waals surface area contributed by atoms with Crippen LogP contribution in [0.2, 0.25) is 0 Å². The molecule has 1 aromatic carbocycles. The molecule has 0 aliphatic carbocycles. The molecule has 0 saturated carbocycles. The Hall–Kier alpha value is -2.36. The molecule has 0 bridgehead atoms. The van der Waals surface area contributed by atoms with Crippen LogP contribution in [-0.2, 0) is 6.42 Å². The second-order valence-electron chi connectivity index (χ2n) is 4.11. The molecule has 0 unspecified atom stereocenters. The van der Waals surface area contributed by atoms with Crippen LogP contribution in [0, 0.1) is 6.92 Å². The van der Waals surface area contributed by atoms with Crippen LogP contribution in [0.5, 0.6) is 0 Å². The molecule has 0 radical (unpaired) electrons. The van der Waals surface area contributed by atoms with Gasteiger partial charge in [-0.05, 0) is 24.1 Å². The van der Waals surface area contributed by atoms with Crippen molar-refractivity contribution in [2.45, 2.75) is 13.3 Å². The van der Waals surface area contributed by atoms with Gasteiger partial charge in [0, 0.05) is 12.4 Å². The number of carbonyl (C=O) groups is 2. The van der Waals surface area contributed by atoms with E-state index >= 15 is 0 Å². The number of nitrogens with zero attached hydrogens (tertiary/aromatic N) is 1. The molecule has 0 aliphatic heterocycles. The molecular formula is C14H13NO3. The highest BCUT2D eigenvalue weighted by molar-refractivity contribution is 5.89. The number of rotatable bonds is 3. The van der Waals surface area contributed by atoms with Crippen molar-refractivity contribution in [2.24, 2.45) is 0 Å². The van der Waals surface area contributed by atoms with Gasteiger partial charge in [-0.1, -0.05) is 24.3 Å². The molecule has 92 valence electrons. The Morgan fingerprint density at radius 1 is 1.22 bits per heavy atom. The van der Waals surface area contributed by atoms with Gasteiger partial charge < -0.3 is 5.11 Å². The fraction of sp³-hybridized carbons (Fsp3) is 0.143. The molecule has 0 aliphatic rings. The summed E-state index contributed by atoms with van der Waals surface area (Å²) in [5, 5.41) is 8.79. The first-order valence-electron chi connectivity index (χ1n) is 5.57. The van der Waals surface area contributed by atoms with Gasteiger partial charge in [0.25, 0.3) is 0 Å². The van der Waals surface area contributed by atoms with Crippen molar-refractivity contribution >= 4 is 11.9 Å². The third kappa shape index (κ3) is 2.48. The van der Waals surface area contributed by atoms with E-state index in [1.807, 2.05) is 31.2 Å². The van der Waals surface area contributed by atoms with E-state index in [9.17, 15) is 9.59 Å². The van der Waals surface area contributed by atoms with Crippen molar-refractivity contribution < 1.29 is 14.7 Å². The van der Waals surface area contributed by atoms with Gasteiger partial charge in [0.15, 0.2) is 0 Å². The lowest BCUT2D eigenvalue weighted by molar-refractivity contribution is 0.0697. The summed E-state index contributed by atoms with van der Waals surface area (Å²) in [6.45, 7) is 1.95. The Balaban J connectivity index is 2.17. The molecule has 1 aromatic heterocycles. The van der Waals surface area contributed by atoms with Crippen molar-refractivity contribution in [3.8, 4) is 0 Å². The predicted molar refractivity (Wildman–Crippen MR) is 66.9 cm³/mol. The zero-order valence-corrected chi connectivity index (χ0v) is 9.96. The van der Waals surface area contributed by atoms with Crippen molar-refractivity contribution in [3.05, 3.63) is 59.4 Å². The Kier molecular flexibility index (Phi) is 3.28. The minimum absolute atomic E-state index is 0.119. The normalized spacial score (nSPS) is 10.3. The number of hydrogen-bond acceptors (Lipinski definition) is 2. The highest BCUT2D eigenvalue weighted by Crippen LogP contribution is 2.10. The predicted octanol–water partition coefficient (Wildman–Crippen LogP) is 2.38. The van der Waals surface area contributed by atoms with Gasteiger partial charge in [0.2, 0.25) is 5.91 Å². The van der Waals surface area contributed by atoms with Gasteiger partial charge in [-0.3, -0.25) is 9.36 Å². The molecule has 4 nitrogen and oxygen atoms in total. The van der Waals surface area contributed by atoms with Gasteiger partial charge in [-0.25, -0.2) is 4.79 Å². The van der Waals surface area contributed by atoms with E-state index in [-0.39, 0.29) is 17.9 Å². The lowest BCUT2D eigenvalue weighted by Crippen LogP contribution is -2.12. The van der Waals surface area contributed by atoms with Gasteiger partial charge in [0.05, 0.1) is 12.0 Å². The largest absolute Gasteiger partial charge is 0.478 e. The van der Waals surface area contributed by atoms with Crippen LogP contribution in [0.15, 0.2) is 42.7 Å². The first-order valence-corrected chi connectivity index (χ1v) is 5.57. The number of carbonyl (C=O) groups excluding carboxylic acids is 1. The number of benzene rings is 1. The van der Waals surface area contributed by atoms with E-state index < -0.39 is 5.97 Å². The fourth-order valence-corrected chi connectivity index (χ4v) is 1.74. The summed E-state index contributed by atoms with van der Waals surface area (Å²) in [6, 6.07) is 9.06. The molecule has 1 heterocycles. The molecule has 1 N–H and O–H groups in total. The number of aromatic carboxylic acids is 1. The minimum Gasteiger partial charge on any atom is -0.478 e. The maximum atomic E-state index is 12.0. The molecule has 2 aromatic rings. The van der Waals surface area contributed by atoms with E-state index in [1.165, 1.54) is 23.0 Å². The van der Waals surface area contributed by atoms with Crippen molar-refractivity contribution in [3.63, 3.8) is 0 Å². The first kappa shape index (κ1) is 12.1. The van der Waals surface area contributed by atoms with Crippen LogP contribution in [-0.4, -0.2) is 21.6 Å². The number of aryl methyl sites for hydroxylation is 1. The molecule has 0 spiro atoms. The number of aromatic nitrogens is 1. The maximum absolute atomic E-state index is 12.0. The molecule has 4 heteroatoms. The minimum atomic E-state index is -1.03. The lowest BCUT2D eigenvalue weighted by Gasteiger charge is -2.05. The quantitative estimate of drug-likeness (QED) is 0.900. The number of carboxylic acids is 1. The highest BCUT2D eigenvalue weighted by Gasteiger charge is 2.11. The van der Waals surface area contributed by atoms with E-state index in [0.717, 1.165) is 11.1 Å². The van der Waals surface area contributed by atoms with E-state index in [0.29, 0.717) is 0 Å². The summed E-state index contributed by atoms with van der Waals surface area (Å²) in [5.74, 6) is -1.17. The molecule has 0 atom stereocenters. The van der Waals surface area contributed by atoms with Crippen LogP contribution in [0.25, 0.3) is 0 Å². The topological polar surface area (TPSA) is 59.3 Å². The number of carboxylic acid groups (broad SMARTS) is 1. The number of hydrogen-bond donors (Lipinski definition) is 1. The van der Waals surface area contributed by atoms with Crippen LogP contribution in [0.1, 0.15) is 26.3 Å². The summed E-state index contributed by atoms with van der Waals surface area (Å²) >= 11 is 0. The fourth-order valence-electron chi connectivity index (χ4n) is 1.74. The Morgan fingerprint density at radius 2 is 1.94 bits per heavy atom. The zero-order valence-electron chi connectivity index (χ0n) is 9.96.